The van der Waals surface area contributed by atoms with Gasteiger partial charge in [-0.15, -0.1) is 0 Å². The van der Waals surface area contributed by atoms with Crippen molar-refractivity contribution in [1.82, 2.24) is 0 Å². The number of ether oxygens (including phenoxy) is 2. The lowest BCUT2D eigenvalue weighted by molar-refractivity contribution is 0.136. The highest BCUT2D eigenvalue weighted by Gasteiger charge is 2.47. The van der Waals surface area contributed by atoms with E-state index in [1.165, 1.54) is 76.7 Å². The molecule has 4 rings (SSSR count). The Morgan fingerprint density at radius 2 is 1.09 bits per heavy atom. The van der Waals surface area contributed by atoms with Gasteiger partial charge in [0.05, 0.1) is 13.2 Å². The standard InChI is InChI=1S/C41H52F2O2/c1-3-5-7-9-10-11-13-17-32-45-36-29-25-34(26-30-36)38-21-18-22-40(42)41(38,43)39-20-15-14-19-37(39)33-23-27-35(28-24-33)44-31-16-12-8-6-4-2/h14-15,18-30,40H,3-13,16-17,31-32H2,1-2H3. The van der Waals surface area contributed by atoms with E-state index in [1.54, 1.807) is 24.3 Å². The molecule has 45 heavy (non-hydrogen) atoms. The Labute approximate surface area is 270 Å². The summed E-state index contributed by atoms with van der Waals surface area (Å²) in [7, 11) is 0. The number of hydrogen-bond donors (Lipinski definition) is 0. The molecular formula is C41H52F2O2. The van der Waals surface area contributed by atoms with Crippen LogP contribution in [0.4, 0.5) is 8.78 Å². The second-order valence-electron chi connectivity index (χ2n) is 12.3. The van der Waals surface area contributed by atoms with Crippen LogP contribution in [0.5, 0.6) is 11.5 Å². The van der Waals surface area contributed by atoms with Crippen LogP contribution >= 0.6 is 0 Å². The van der Waals surface area contributed by atoms with Crippen LogP contribution in [0, 0.1) is 0 Å². The normalized spacial score (nSPS) is 17.7. The maximum absolute atomic E-state index is 17.3. The fraction of sp³-hybridized carbons (Fsp3) is 0.463. The molecule has 2 atom stereocenters. The zero-order valence-corrected chi connectivity index (χ0v) is 27.4. The van der Waals surface area contributed by atoms with Crippen molar-refractivity contribution in [3.63, 3.8) is 0 Å². The van der Waals surface area contributed by atoms with E-state index in [-0.39, 0.29) is 0 Å². The van der Waals surface area contributed by atoms with Gasteiger partial charge in [-0.2, -0.15) is 0 Å². The molecule has 0 N–H and O–H groups in total. The summed E-state index contributed by atoms with van der Waals surface area (Å²) in [5.41, 5.74) is 0.402. The third-order valence-corrected chi connectivity index (χ3v) is 8.75. The van der Waals surface area contributed by atoms with Crippen molar-refractivity contribution >= 4 is 5.57 Å². The van der Waals surface area contributed by atoms with Gasteiger partial charge in [0.2, 0.25) is 0 Å². The van der Waals surface area contributed by atoms with Gasteiger partial charge >= 0.3 is 0 Å². The van der Waals surface area contributed by atoms with Crippen LogP contribution in [0.25, 0.3) is 16.7 Å². The third kappa shape index (κ3) is 9.79. The molecule has 3 aromatic rings. The van der Waals surface area contributed by atoms with Crippen LogP contribution < -0.4 is 9.47 Å². The van der Waals surface area contributed by atoms with Crippen LogP contribution in [-0.4, -0.2) is 19.4 Å². The van der Waals surface area contributed by atoms with Crippen LogP contribution in [0.2, 0.25) is 0 Å². The lowest BCUT2D eigenvalue weighted by Gasteiger charge is -2.34. The van der Waals surface area contributed by atoms with Gasteiger partial charge in [-0.05, 0) is 59.9 Å². The average Bonchev–Trinajstić information content (AvgIpc) is 3.07. The van der Waals surface area contributed by atoms with E-state index in [0.717, 1.165) is 29.9 Å². The minimum absolute atomic E-state index is 0.308. The van der Waals surface area contributed by atoms with Gasteiger partial charge in [-0.3, -0.25) is 0 Å². The summed E-state index contributed by atoms with van der Waals surface area (Å²) >= 11 is 0. The second-order valence-corrected chi connectivity index (χ2v) is 12.3. The molecule has 0 fully saturated rings. The van der Waals surface area contributed by atoms with Crippen molar-refractivity contribution in [1.29, 1.82) is 0 Å². The van der Waals surface area contributed by atoms with E-state index in [4.69, 9.17) is 9.47 Å². The summed E-state index contributed by atoms with van der Waals surface area (Å²) in [6.45, 7) is 5.80. The van der Waals surface area contributed by atoms with Gasteiger partial charge in [0.15, 0.2) is 11.8 Å². The molecule has 0 spiro atoms. The second kappa shape index (κ2) is 18.5. The number of alkyl halides is 2. The molecule has 2 nitrogen and oxygen atoms in total. The Balaban J connectivity index is 1.41. The van der Waals surface area contributed by atoms with E-state index in [2.05, 4.69) is 13.8 Å². The molecule has 4 heteroatoms. The predicted octanol–water partition coefficient (Wildman–Crippen LogP) is 12.4. The Bertz CT molecular complexity index is 1330. The SMILES string of the molecule is CCCCCCCCCCOc1ccc(C2=CC=CC(F)C2(F)c2ccccc2-c2ccc(OCCCCCCC)cc2)cc1. The Hall–Kier alpha value is -3.40. The topological polar surface area (TPSA) is 18.5 Å². The number of hydrogen-bond acceptors (Lipinski definition) is 2. The molecule has 3 aromatic carbocycles. The number of benzene rings is 3. The number of allylic oxidation sites excluding steroid dienone is 4. The minimum atomic E-state index is -2.35. The van der Waals surface area contributed by atoms with Crippen molar-refractivity contribution in [2.45, 2.75) is 109 Å². The van der Waals surface area contributed by atoms with Crippen LogP contribution in [0.15, 0.2) is 91.0 Å². The van der Waals surface area contributed by atoms with Crippen molar-refractivity contribution in [3.05, 3.63) is 102 Å². The molecule has 0 aliphatic heterocycles. The molecule has 1 aliphatic rings. The smallest absolute Gasteiger partial charge is 0.196 e. The Kier molecular flexibility index (Phi) is 14.2. The lowest BCUT2D eigenvalue weighted by atomic mass is 9.75. The summed E-state index contributed by atoms with van der Waals surface area (Å²) in [6.07, 6.45) is 18.7. The van der Waals surface area contributed by atoms with Crippen molar-refractivity contribution in [3.8, 4) is 22.6 Å². The van der Waals surface area contributed by atoms with Crippen LogP contribution in [-0.2, 0) is 5.67 Å². The van der Waals surface area contributed by atoms with Gasteiger partial charge in [0, 0.05) is 11.1 Å². The zero-order chi connectivity index (χ0) is 31.7. The van der Waals surface area contributed by atoms with Gasteiger partial charge in [-0.25, -0.2) is 8.78 Å². The highest BCUT2D eigenvalue weighted by Crippen LogP contribution is 2.49. The maximum atomic E-state index is 17.3. The van der Waals surface area contributed by atoms with Gasteiger partial charge in [0.1, 0.15) is 11.5 Å². The first-order valence-electron chi connectivity index (χ1n) is 17.4. The fourth-order valence-corrected chi connectivity index (χ4v) is 6.09. The van der Waals surface area contributed by atoms with E-state index in [9.17, 15) is 0 Å². The summed E-state index contributed by atoms with van der Waals surface area (Å²) in [5, 5.41) is 0. The maximum Gasteiger partial charge on any atom is 0.196 e. The highest BCUT2D eigenvalue weighted by molar-refractivity contribution is 5.82. The molecule has 0 bridgehead atoms. The summed E-state index contributed by atoms with van der Waals surface area (Å²) < 4.78 is 45.0. The molecule has 0 aromatic heterocycles. The van der Waals surface area contributed by atoms with E-state index < -0.39 is 11.8 Å². The first-order valence-corrected chi connectivity index (χ1v) is 17.4. The average molecular weight is 615 g/mol. The van der Waals surface area contributed by atoms with Gasteiger partial charge in [0.25, 0.3) is 0 Å². The van der Waals surface area contributed by atoms with Gasteiger partial charge < -0.3 is 9.47 Å². The molecule has 1 aliphatic carbocycles. The number of halogens is 2. The predicted molar refractivity (Wildman–Crippen MR) is 185 cm³/mol. The quantitative estimate of drug-likeness (QED) is 0.118. The monoisotopic (exact) mass is 614 g/mol. The molecule has 0 saturated heterocycles. The minimum Gasteiger partial charge on any atom is -0.494 e. The summed E-state index contributed by atoms with van der Waals surface area (Å²) in [6, 6.07) is 22.3. The van der Waals surface area contributed by atoms with Gasteiger partial charge in [-0.1, -0.05) is 145 Å². The molecule has 0 radical (unpaired) electrons. The lowest BCUT2D eigenvalue weighted by Crippen LogP contribution is -2.34. The molecular weight excluding hydrogens is 562 g/mol. The molecule has 0 heterocycles. The van der Waals surface area contributed by atoms with Crippen molar-refractivity contribution in [2.75, 3.05) is 13.2 Å². The number of unbranched alkanes of at least 4 members (excludes halogenated alkanes) is 11. The van der Waals surface area contributed by atoms with Crippen molar-refractivity contribution < 1.29 is 18.3 Å². The molecule has 0 amide bonds. The largest absolute Gasteiger partial charge is 0.494 e. The van der Waals surface area contributed by atoms with E-state index in [1.807, 2.05) is 60.7 Å². The Morgan fingerprint density at radius 3 is 1.64 bits per heavy atom. The van der Waals surface area contributed by atoms with E-state index in [0.29, 0.717) is 35.5 Å². The Morgan fingerprint density at radius 1 is 0.600 bits per heavy atom. The molecule has 242 valence electrons. The molecule has 0 saturated carbocycles. The van der Waals surface area contributed by atoms with Crippen LogP contribution in [0.1, 0.15) is 108 Å². The zero-order valence-electron chi connectivity index (χ0n) is 27.4. The fourth-order valence-electron chi connectivity index (χ4n) is 6.09. The first kappa shape index (κ1) is 34.5. The summed E-state index contributed by atoms with van der Waals surface area (Å²) in [5.74, 6) is 1.54. The summed E-state index contributed by atoms with van der Waals surface area (Å²) in [4.78, 5) is 0. The van der Waals surface area contributed by atoms with Crippen LogP contribution in [0.3, 0.4) is 0 Å². The first-order chi connectivity index (χ1) is 22.1. The number of rotatable bonds is 20. The molecule has 2 unspecified atom stereocenters. The third-order valence-electron chi connectivity index (χ3n) is 8.75. The van der Waals surface area contributed by atoms with Crippen molar-refractivity contribution in [2.24, 2.45) is 0 Å². The van der Waals surface area contributed by atoms with E-state index >= 15 is 8.78 Å². The highest BCUT2D eigenvalue weighted by atomic mass is 19.2.